The molecule has 0 spiro atoms. The van der Waals surface area contributed by atoms with Crippen LogP contribution in [0.4, 0.5) is 0 Å². The Morgan fingerprint density at radius 3 is 2.59 bits per heavy atom. The van der Waals surface area contributed by atoms with E-state index >= 15 is 0 Å². The van der Waals surface area contributed by atoms with Gasteiger partial charge in [-0.2, -0.15) is 0 Å². The SMILES string of the molecule is CC(Oc1cccc2ccccc12)C(=O)NCc1cc(-c2ccccc2)ncn1. The Morgan fingerprint density at radius 2 is 1.72 bits per heavy atom. The van der Waals surface area contributed by atoms with Crippen LogP contribution in [-0.2, 0) is 11.3 Å². The molecule has 0 fully saturated rings. The third-order valence-corrected chi connectivity index (χ3v) is 4.66. The summed E-state index contributed by atoms with van der Waals surface area (Å²) in [7, 11) is 0. The standard InChI is InChI=1S/C24H21N3O2/c1-17(29-23-13-7-11-18-8-5-6-12-21(18)23)24(28)25-15-20-14-22(27-16-26-20)19-9-3-2-4-10-19/h2-14,16-17H,15H2,1H3,(H,25,28). The lowest BCUT2D eigenvalue weighted by Crippen LogP contribution is -2.36. The van der Waals surface area contributed by atoms with Crippen molar-refractivity contribution in [1.82, 2.24) is 15.3 Å². The first-order valence-electron chi connectivity index (χ1n) is 9.49. The summed E-state index contributed by atoms with van der Waals surface area (Å²) in [6.07, 6.45) is 0.885. The first kappa shape index (κ1) is 18.6. The molecule has 0 radical (unpaired) electrons. The van der Waals surface area contributed by atoms with Gasteiger partial charge in [-0.15, -0.1) is 0 Å². The van der Waals surface area contributed by atoms with Gasteiger partial charge in [0.05, 0.1) is 17.9 Å². The van der Waals surface area contributed by atoms with Crippen molar-refractivity contribution >= 4 is 16.7 Å². The van der Waals surface area contributed by atoms with Gasteiger partial charge in [-0.1, -0.05) is 66.7 Å². The summed E-state index contributed by atoms with van der Waals surface area (Å²) in [6, 6.07) is 25.5. The summed E-state index contributed by atoms with van der Waals surface area (Å²) >= 11 is 0. The Hall–Kier alpha value is -3.73. The molecule has 1 aromatic heterocycles. The normalized spacial score (nSPS) is 11.8. The van der Waals surface area contributed by atoms with Crippen molar-refractivity contribution in [3.63, 3.8) is 0 Å². The lowest BCUT2D eigenvalue weighted by Gasteiger charge is -2.16. The van der Waals surface area contributed by atoms with Gasteiger partial charge in [0, 0.05) is 10.9 Å². The monoisotopic (exact) mass is 383 g/mol. The van der Waals surface area contributed by atoms with Crippen molar-refractivity contribution in [2.24, 2.45) is 0 Å². The molecule has 29 heavy (non-hydrogen) atoms. The Morgan fingerprint density at radius 1 is 0.966 bits per heavy atom. The van der Waals surface area contributed by atoms with E-state index < -0.39 is 6.10 Å². The zero-order valence-corrected chi connectivity index (χ0v) is 16.1. The third-order valence-electron chi connectivity index (χ3n) is 4.66. The van der Waals surface area contributed by atoms with Crippen LogP contribution in [0, 0.1) is 0 Å². The molecule has 0 aliphatic heterocycles. The van der Waals surface area contributed by atoms with Gasteiger partial charge in [-0.25, -0.2) is 9.97 Å². The van der Waals surface area contributed by atoms with E-state index in [0.29, 0.717) is 12.3 Å². The first-order valence-corrected chi connectivity index (χ1v) is 9.49. The summed E-state index contributed by atoms with van der Waals surface area (Å²) in [5.41, 5.74) is 2.57. The van der Waals surface area contributed by atoms with Crippen LogP contribution in [0.1, 0.15) is 12.6 Å². The Bertz CT molecular complexity index is 1120. The van der Waals surface area contributed by atoms with Gasteiger partial charge >= 0.3 is 0 Å². The number of nitrogens with one attached hydrogen (secondary N) is 1. The fourth-order valence-corrected chi connectivity index (χ4v) is 3.12. The van der Waals surface area contributed by atoms with Gasteiger partial charge in [0.2, 0.25) is 0 Å². The molecule has 1 amide bonds. The molecule has 1 N–H and O–H groups in total. The maximum absolute atomic E-state index is 12.5. The molecule has 1 atom stereocenters. The fraction of sp³-hybridized carbons (Fsp3) is 0.125. The van der Waals surface area contributed by atoms with Gasteiger partial charge in [0.15, 0.2) is 6.10 Å². The lowest BCUT2D eigenvalue weighted by molar-refractivity contribution is -0.127. The minimum atomic E-state index is -0.628. The van der Waals surface area contributed by atoms with Gasteiger partial charge in [-0.3, -0.25) is 4.79 Å². The van der Waals surface area contributed by atoms with Crippen LogP contribution in [0.25, 0.3) is 22.0 Å². The molecule has 0 aliphatic rings. The van der Waals surface area contributed by atoms with E-state index in [0.717, 1.165) is 27.7 Å². The topological polar surface area (TPSA) is 64.1 Å². The predicted molar refractivity (Wildman–Crippen MR) is 113 cm³/mol. The van der Waals surface area contributed by atoms with Gasteiger partial charge < -0.3 is 10.1 Å². The maximum Gasteiger partial charge on any atom is 0.261 e. The number of carbonyl (C=O) groups is 1. The molecular weight excluding hydrogens is 362 g/mol. The van der Waals surface area contributed by atoms with Crippen LogP contribution in [0.15, 0.2) is 85.2 Å². The highest BCUT2D eigenvalue weighted by Gasteiger charge is 2.16. The average molecular weight is 383 g/mol. The Kier molecular flexibility index (Phi) is 5.47. The molecule has 5 nitrogen and oxygen atoms in total. The molecule has 144 valence electrons. The van der Waals surface area contributed by atoms with Crippen molar-refractivity contribution < 1.29 is 9.53 Å². The van der Waals surface area contributed by atoms with Crippen LogP contribution in [0.2, 0.25) is 0 Å². The number of ether oxygens (including phenoxy) is 1. The van der Waals surface area contributed by atoms with Crippen LogP contribution < -0.4 is 10.1 Å². The van der Waals surface area contributed by atoms with E-state index in [2.05, 4.69) is 15.3 Å². The molecule has 5 heteroatoms. The van der Waals surface area contributed by atoms with Crippen LogP contribution in [-0.4, -0.2) is 22.0 Å². The molecule has 0 aliphatic carbocycles. The van der Waals surface area contributed by atoms with E-state index in [1.54, 1.807) is 6.92 Å². The number of aromatic nitrogens is 2. The number of amides is 1. The predicted octanol–water partition coefficient (Wildman–Crippen LogP) is 4.38. The molecule has 0 saturated carbocycles. The van der Waals surface area contributed by atoms with Crippen molar-refractivity contribution in [3.05, 3.63) is 90.9 Å². The lowest BCUT2D eigenvalue weighted by atomic mass is 10.1. The van der Waals surface area contributed by atoms with Crippen molar-refractivity contribution in [2.45, 2.75) is 19.6 Å². The molecule has 0 saturated heterocycles. The van der Waals surface area contributed by atoms with Gasteiger partial charge in [0.1, 0.15) is 12.1 Å². The maximum atomic E-state index is 12.5. The number of hydrogen-bond acceptors (Lipinski definition) is 4. The molecule has 0 bridgehead atoms. The Labute approximate surface area is 169 Å². The number of fused-ring (bicyclic) bond motifs is 1. The molecule has 3 aromatic carbocycles. The highest BCUT2D eigenvalue weighted by molar-refractivity contribution is 5.89. The molecule has 4 rings (SSSR count). The smallest absolute Gasteiger partial charge is 0.261 e. The van der Waals surface area contributed by atoms with Crippen LogP contribution in [0.3, 0.4) is 0 Å². The van der Waals surface area contributed by atoms with E-state index in [-0.39, 0.29) is 5.91 Å². The minimum Gasteiger partial charge on any atom is -0.480 e. The van der Waals surface area contributed by atoms with Crippen LogP contribution in [0.5, 0.6) is 5.75 Å². The minimum absolute atomic E-state index is 0.196. The van der Waals surface area contributed by atoms with E-state index in [9.17, 15) is 4.79 Å². The number of carbonyl (C=O) groups excluding carboxylic acids is 1. The zero-order valence-electron chi connectivity index (χ0n) is 16.1. The third kappa shape index (κ3) is 4.41. The highest BCUT2D eigenvalue weighted by Crippen LogP contribution is 2.26. The number of benzene rings is 3. The number of rotatable bonds is 6. The van der Waals surface area contributed by atoms with Crippen molar-refractivity contribution in [2.75, 3.05) is 0 Å². The average Bonchev–Trinajstić information content (AvgIpc) is 2.78. The summed E-state index contributed by atoms with van der Waals surface area (Å²) in [4.78, 5) is 21.1. The molecule has 1 heterocycles. The van der Waals surface area contributed by atoms with Crippen LogP contribution >= 0.6 is 0 Å². The summed E-state index contributed by atoms with van der Waals surface area (Å²) in [5.74, 6) is 0.497. The summed E-state index contributed by atoms with van der Waals surface area (Å²) in [6.45, 7) is 2.05. The van der Waals surface area contributed by atoms with E-state index in [4.69, 9.17) is 4.74 Å². The summed E-state index contributed by atoms with van der Waals surface area (Å²) < 4.78 is 5.93. The van der Waals surface area contributed by atoms with E-state index in [1.807, 2.05) is 78.9 Å². The quantitative estimate of drug-likeness (QED) is 0.537. The molecule has 4 aromatic rings. The first-order chi connectivity index (χ1) is 14.2. The Balaban J connectivity index is 1.41. The number of hydrogen-bond donors (Lipinski definition) is 1. The number of nitrogens with zero attached hydrogens (tertiary/aromatic N) is 2. The van der Waals surface area contributed by atoms with Gasteiger partial charge in [-0.05, 0) is 24.4 Å². The second-order valence-corrected chi connectivity index (χ2v) is 6.72. The fourth-order valence-electron chi connectivity index (χ4n) is 3.12. The zero-order chi connectivity index (χ0) is 20.1. The van der Waals surface area contributed by atoms with Crippen molar-refractivity contribution in [3.8, 4) is 17.0 Å². The van der Waals surface area contributed by atoms with E-state index in [1.165, 1.54) is 6.33 Å². The largest absolute Gasteiger partial charge is 0.480 e. The van der Waals surface area contributed by atoms with Gasteiger partial charge in [0.25, 0.3) is 5.91 Å². The van der Waals surface area contributed by atoms with Crippen molar-refractivity contribution in [1.29, 1.82) is 0 Å². The highest BCUT2D eigenvalue weighted by atomic mass is 16.5. The molecule has 1 unspecified atom stereocenters. The molecular formula is C24H21N3O2. The summed E-state index contributed by atoms with van der Waals surface area (Å²) in [5, 5.41) is 4.95. The second kappa shape index (κ2) is 8.52. The second-order valence-electron chi connectivity index (χ2n) is 6.72.